The smallest absolute Gasteiger partial charge is 0.218 e. The van der Waals surface area contributed by atoms with Crippen LogP contribution >= 0.6 is 0 Å². The van der Waals surface area contributed by atoms with Crippen molar-refractivity contribution in [1.29, 1.82) is 0 Å². The van der Waals surface area contributed by atoms with Crippen LogP contribution in [0.4, 0.5) is 5.82 Å². The van der Waals surface area contributed by atoms with Gasteiger partial charge in [-0.1, -0.05) is 20.8 Å². The van der Waals surface area contributed by atoms with E-state index in [0.717, 1.165) is 12.2 Å². The second-order valence-corrected chi connectivity index (χ2v) is 3.60. The Kier molecular flexibility index (Phi) is 4.30. The summed E-state index contributed by atoms with van der Waals surface area (Å²) in [5.41, 5.74) is 2.51. The van der Waals surface area contributed by atoms with Crippen molar-refractivity contribution >= 4 is 5.82 Å². The lowest BCUT2D eigenvalue weighted by molar-refractivity contribution is 0.303. The highest BCUT2D eigenvalue weighted by atomic mass is 16.5. The zero-order valence-electron chi connectivity index (χ0n) is 9.45. The first-order valence-corrected chi connectivity index (χ1v) is 5.15. The first-order chi connectivity index (χ1) is 7.17. The molecule has 0 unspecified atom stereocenters. The summed E-state index contributed by atoms with van der Waals surface area (Å²) in [6.45, 7) is 6.75. The van der Waals surface area contributed by atoms with Crippen LogP contribution in [0.5, 0.6) is 5.88 Å². The van der Waals surface area contributed by atoms with Crippen molar-refractivity contribution in [2.75, 3.05) is 12.0 Å². The van der Waals surface area contributed by atoms with Gasteiger partial charge in [0.15, 0.2) is 0 Å². The number of hydrogen-bond acceptors (Lipinski definition) is 5. The Morgan fingerprint density at radius 2 is 2.20 bits per heavy atom. The molecule has 0 spiro atoms. The Morgan fingerprint density at radius 1 is 1.47 bits per heavy atom. The number of nitrogens with two attached hydrogens (primary N) is 1. The number of nitrogens with zero attached hydrogens (tertiary/aromatic N) is 2. The molecule has 0 aromatic carbocycles. The summed E-state index contributed by atoms with van der Waals surface area (Å²) in [5.74, 6) is 7.46. The van der Waals surface area contributed by atoms with E-state index < -0.39 is 0 Å². The summed E-state index contributed by atoms with van der Waals surface area (Å²) in [7, 11) is 0. The molecule has 3 N–H and O–H groups in total. The van der Waals surface area contributed by atoms with Crippen molar-refractivity contribution in [3.05, 3.63) is 11.9 Å². The number of hydrogen-bond donors (Lipinski definition) is 2. The molecule has 0 saturated heterocycles. The van der Waals surface area contributed by atoms with E-state index in [0.29, 0.717) is 18.3 Å². The number of anilines is 1. The maximum atomic E-state index is 5.44. The van der Waals surface area contributed by atoms with Crippen LogP contribution in [0.25, 0.3) is 0 Å². The Hall–Kier alpha value is -1.36. The van der Waals surface area contributed by atoms with Gasteiger partial charge in [0.05, 0.1) is 6.61 Å². The van der Waals surface area contributed by atoms with E-state index in [9.17, 15) is 0 Å². The molecule has 0 atom stereocenters. The average molecular weight is 210 g/mol. The molecule has 0 amide bonds. The topological polar surface area (TPSA) is 73.1 Å². The van der Waals surface area contributed by atoms with Crippen molar-refractivity contribution in [2.24, 2.45) is 5.84 Å². The van der Waals surface area contributed by atoms with E-state index in [-0.39, 0.29) is 5.92 Å². The molecule has 5 heteroatoms. The van der Waals surface area contributed by atoms with Crippen LogP contribution in [0.2, 0.25) is 0 Å². The normalized spacial score (nSPS) is 10.5. The molecule has 5 nitrogen and oxygen atoms in total. The van der Waals surface area contributed by atoms with Gasteiger partial charge in [-0.05, 0) is 6.42 Å². The van der Waals surface area contributed by atoms with Crippen LogP contribution in [0.3, 0.4) is 0 Å². The zero-order valence-corrected chi connectivity index (χ0v) is 9.45. The average Bonchev–Trinajstić information content (AvgIpc) is 2.25. The number of nitrogen functional groups attached to an aromatic ring is 1. The monoisotopic (exact) mass is 210 g/mol. The number of rotatable bonds is 5. The van der Waals surface area contributed by atoms with Gasteiger partial charge < -0.3 is 10.2 Å². The predicted octanol–water partition coefficient (Wildman–Crippen LogP) is 1.67. The maximum Gasteiger partial charge on any atom is 0.218 e. The Bertz CT molecular complexity index is 314. The first-order valence-electron chi connectivity index (χ1n) is 5.15. The molecule has 1 aromatic heterocycles. The highest BCUT2D eigenvalue weighted by Gasteiger charge is 2.07. The van der Waals surface area contributed by atoms with E-state index in [2.05, 4.69) is 15.4 Å². The van der Waals surface area contributed by atoms with E-state index in [1.54, 1.807) is 6.07 Å². The van der Waals surface area contributed by atoms with Gasteiger partial charge >= 0.3 is 0 Å². The molecule has 0 radical (unpaired) electrons. The molecular weight excluding hydrogens is 192 g/mol. The van der Waals surface area contributed by atoms with Crippen LogP contribution in [-0.4, -0.2) is 16.6 Å². The molecule has 0 aliphatic heterocycles. The fourth-order valence-corrected chi connectivity index (χ4v) is 1.06. The number of hydrazine groups is 1. The maximum absolute atomic E-state index is 5.44. The minimum atomic E-state index is 0.252. The molecule has 1 aromatic rings. The van der Waals surface area contributed by atoms with Gasteiger partial charge in [0.2, 0.25) is 5.88 Å². The molecule has 1 rings (SSSR count). The predicted molar refractivity (Wildman–Crippen MR) is 59.7 cm³/mol. The van der Waals surface area contributed by atoms with Gasteiger partial charge in [-0.2, -0.15) is 4.98 Å². The molecule has 15 heavy (non-hydrogen) atoms. The fourth-order valence-electron chi connectivity index (χ4n) is 1.06. The van der Waals surface area contributed by atoms with Crippen molar-refractivity contribution in [3.8, 4) is 5.88 Å². The van der Waals surface area contributed by atoms with Crippen LogP contribution in [0.1, 0.15) is 38.9 Å². The third-order valence-corrected chi connectivity index (χ3v) is 1.84. The molecule has 0 saturated carbocycles. The number of ether oxygens (including phenoxy) is 1. The Morgan fingerprint density at radius 3 is 2.73 bits per heavy atom. The van der Waals surface area contributed by atoms with Crippen molar-refractivity contribution < 1.29 is 4.74 Å². The summed E-state index contributed by atoms with van der Waals surface area (Å²) >= 11 is 0. The Balaban J connectivity index is 2.90. The van der Waals surface area contributed by atoms with E-state index in [4.69, 9.17) is 10.6 Å². The van der Waals surface area contributed by atoms with Gasteiger partial charge in [-0.25, -0.2) is 10.8 Å². The summed E-state index contributed by atoms with van der Waals surface area (Å²) in [4.78, 5) is 8.52. The van der Waals surface area contributed by atoms with E-state index >= 15 is 0 Å². The fraction of sp³-hybridized carbons (Fsp3) is 0.600. The lowest BCUT2D eigenvalue weighted by atomic mass is 10.2. The third-order valence-electron chi connectivity index (χ3n) is 1.84. The van der Waals surface area contributed by atoms with Crippen LogP contribution in [0.15, 0.2) is 6.07 Å². The van der Waals surface area contributed by atoms with Gasteiger partial charge in [-0.3, -0.25) is 0 Å². The highest BCUT2D eigenvalue weighted by Crippen LogP contribution is 2.17. The van der Waals surface area contributed by atoms with Crippen LogP contribution < -0.4 is 16.0 Å². The van der Waals surface area contributed by atoms with Crippen molar-refractivity contribution in [2.45, 2.75) is 33.1 Å². The van der Waals surface area contributed by atoms with Crippen LogP contribution in [0, 0.1) is 0 Å². The van der Waals surface area contributed by atoms with E-state index in [1.807, 2.05) is 20.8 Å². The standard InChI is InChI=1S/C10H18N4O/c1-4-5-15-9-6-8(14-11)12-10(13-9)7(2)3/h6-7H,4-5,11H2,1-3H3,(H,12,13,14). The van der Waals surface area contributed by atoms with E-state index in [1.165, 1.54) is 0 Å². The summed E-state index contributed by atoms with van der Waals surface area (Å²) in [5, 5.41) is 0. The summed E-state index contributed by atoms with van der Waals surface area (Å²) in [6.07, 6.45) is 0.951. The SMILES string of the molecule is CCCOc1cc(NN)nc(C(C)C)n1. The van der Waals surface area contributed by atoms with Crippen molar-refractivity contribution in [3.63, 3.8) is 0 Å². The highest BCUT2D eigenvalue weighted by molar-refractivity contribution is 5.37. The molecule has 0 aliphatic carbocycles. The molecule has 1 heterocycles. The van der Waals surface area contributed by atoms with Gasteiger partial charge in [0.1, 0.15) is 11.6 Å². The van der Waals surface area contributed by atoms with Crippen molar-refractivity contribution in [1.82, 2.24) is 9.97 Å². The second-order valence-electron chi connectivity index (χ2n) is 3.60. The van der Waals surface area contributed by atoms with Gasteiger partial charge in [0.25, 0.3) is 0 Å². The van der Waals surface area contributed by atoms with Gasteiger partial charge in [-0.15, -0.1) is 0 Å². The van der Waals surface area contributed by atoms with Gasteiger partial charge in [0, 0.05) is 12.0 Å². The zero-order chi connectivity index (χ0) is 11.3. The second kappa shape index (κ2) is 5.50. The minimum absolute atomic E-state index is 0.252. The first kappa shape index (κ1) is 11.7. The molecule has 84 valence electrons. The summed E-state index contributed by atoms with van der Waals surface area (Å²) < 4.78 is 5.44. The molecule has 0 fully saturated rings. The lowest BCUT2D eigenvalue weighted by Crippen LogP contribution is -2.12. The third kappa shape index (κ3) is 3.36. The molecular formula is C10H18N4O. The minimum Gasteiger partial charge on any atom is -0.478 e. The lowest BCUT2D eigenvalue weighted by Gasteiger charge is -2.10. The molecule has 0 bridgehead atoms. The summed E-state index contributed by atoms with van der Waals surface area (Å²) in [6, 6.07) is 1.70. The Labute approximate surface area is 90.0 Å². The quantitative estimate of drug-likeness (QED) is 0.571. The number of nitrogens with one attached hydrogen (secondary N) is 1. The van der Waals surface area contributed by atoms with Crippen LogP contribution in [-0.2, 0) is 0 Å². The largest absolute Gasteiger partial charge is 0.478 e. The number of aromatic nitrogens is 2. The molecule has 0 aliphatic rings.